The van der Waals surface area contributed by atoms with E-state index in [0.717, 1.165) is 19.3 Å². The number of benzene rings is 1. The topological polar surface area (TPSA) is 37.3 Å². The van der Waals surface area contributed by atoms with Gasteiger partial charge in [-0.25, -0.2) is 0 Å². The third kappa shape index (κ3) is 4.61. The zero-order chi connectivity index (χ0) is 13.4. The molecule has 0 saturated heterocycles. The van der Waals surface area contributed by atoms with Gasteiger partial charge in [0, 0.05) is 11.5 Å². The molecule has 0 aliphatic heterocycles. The number of unbranched alkanes of at least 4 members (excludes halogenated alkanes) is 3. The summed E-state index contributed by atoms with van der Waals surface area (Å²) in [6.45, 7) is 3.98. The maximum atomic E-state index is 12.1. The van der Waals surface area contributed by atoms with Crippen LogP contribution in [0.1, 0.15) is 56.3 Å². The lowest BCUT2D eigenvalue weighted by molar-refractivity contribution is 0.0683. The molecule has 100 valence electrons. The average Bonchev–Trinajstić information content (AvgIpc) is 2.42. The van der Waals surface area contributed by atoms with Crippen molar-refractivity contribution in [3.8, 4) is 0 Å². The highest BCUT2D eigenvalue weighted by molar-refractivity contribution is 5.97. The van der Waals surface area contributed by atoms with Crippen molar-refractivity contribution in [3.63, 3.8) is 0 Å². The quantitative estimate of drug-likeness (QED) is 0.560. The van der Waals surface area contributed by atoms with Crippen molar-refractivity contribution in [2.45, 2.75) is 52.1 Å². The normalized spacial score (nSPS) is 14.2. The molecule has 1 aromatic carbocycles. The van der Waals surface area contributed by atoms with Gasteiger partial charge in [0.05, 0.1) is 6.10 Å². The Morgan fingerprint density at radius 1 is 1.17 bits per heavy atom. The molecule has 0 fully saturated rings. The molecule has 0 aromatic heterocycles. The zero-order valence-corrected chi connectivity index (χ0v) is 11.4. The van der Waals surface area contributed by atoms with Crippen LogP contribution in [0.3, 0.4) is 0 Å². The van der Waals surface area contributed by atoms with Gasteiger partial charge >= 0.3 is 0 Å². The van der Waals surface area contributed by atoms with E-state index in [-0.39, 0.29) is 11.7 Å². The standard InChI is InChI=1S/C16H24O2/c1-3-4-5-9-12-15(17)13(2)16(18)14-10-7-6-8-11-14/h6-8,10-11,13,15,17H,3-5,9,12H2,1-2H3. The average molecular weight is 248 g/mol. The SMILES string of the molecule is CCCCCCC(O)C(C)C(=O)c1ccccc1. The number of aliphatic hydroxyl groups is 1. The molecular weight excluding hydrogens is 224 g/mol. The van der Waals surface area contributed by atoms with E-state index in [9.17, 15) is 9.90 Å². The third-order valence-electron chi connectivity index (χ3n) is 3.40. The molecular formula is C16H24O2. The molecule has 0 aliphatic carbocycles. The Kier molecular flexibility index (Phi) is 6.66. The van der Waals surface area contributed by atoms with Crippen LogP contribution >= 0.6 is 0 Å². The minimum atomic E-state index is -0.519. The van der Waals surface area contributed by atoms with Gasteiger partial charge in [-0.1, -0.05) is 69.9 Å². The second-order valence-electron chi connectivity index (χ2n) is 4.94. The Hall–Kier alpha value is -1.15. The summed E-state index contributed by atoms with van der Waals surface area (Å²) in [7, 11) is 0. The minimum Gasteiger partial charge on any atom is -0.392 e. The van der Waals surface area contributed by atoms with Crippen molar-refractivity contribution in [1.29, 1.82) is 0 Å². The second-order valence-corrected chi connectivity index (χ2v) is 4.94. The number of hydrogen-bond acceptors (Lipinski definition) is 2. The minimum absolute atomic E-state index is 0.0404. The fourth-order valence-corrected chi connectivity index (χ4v) is 2.07. The fraction of sp³-hybridized carbons (Fsp3) is 0.562. The molecule has 1 rings (SSSR count). The van der Waals surface area contributed by atoms with Crippen LogP contribution in [-0.2, 0) is 0 Å². The van der Waals surface area contributed by atoms with Gasteiger partial charge in [0.25, 0.3) is 0 Å². The number of rotatable bonds is 8. The molecule has 2 nitrogen and oxygen atoms in total. The van der Waals surface area contributed by atoms with E-state index in [1.165, 1.54) is 12.8 Å². The highest BCUT2D eigenvalue weighted by Gasteiger charge is 2.22. The lowest BCUT2D eigenvalue weighted by Gasteiger charge is -2.17. The molecule has 2 atom stereocenters. The van der Waals surface area contributed by atoms with Crippen molar-refractivity contribution >= 4 is 5.78 Å². The van der Waals surface area contributed by atoms with Gasteiger partial charge in [0.15, 0.2) is 5.78 Å². The van der Waals surface area contributed by atoms with Gasteiger partial charge in [-0.2, -0.15) is 0 Å². The van der Waals surface area contributed by atoms with E-state index in [2.05, 4.69) is 6.92 Å². The van der Waals surface area contributed by atoms with E-state index in [1.54, 1.807) is 0 Å². The predicted molar refractivity (Wildman–Crippen MR) is 74.7 cm³/mol. The maximum absolute atomic E-state index is 12.1. The zero-order valence-electron chi connectivity index (χ0n) is 11.4. The van der Waals surface area contributed by atoms with Crippen molar-refractivity contribution in [2.24, 2.45) is 5.92 Å². The summed E-state index contributed by atoms with van der Waals surface area (Å²) in [5.41, 5.74) is 0.692. The lowest BCUT2D eigenvalue weighted by atomic mass is 9.91. The van der Waals surface area contributed by atoms with Crippen LogP contribution in [0.2, 0.25) is 0 Å². The van der Waals surface area contributed by atoms with Crippen molar-refractivity contribution < 1.29 is 9.90 Å². The van der Waals surface area contributed by atoms with Crippen LogP contribution in [0, 0.1) is 5.92 Å². The van der Waals surface area contributed by atoms with Crippen molar-refractivity contribution in [3.05, 3.63) is 35.9 Å². The van der Waals surface area contributed by atoms with Gasteiger partial charge in [-0.15, -0.1) is 0 Å². The summed E-state index contributed by atoms with van der Waals surface area (Å²) in [4.78, 5) is 12.1. The van der Waals surface area contributed by atoms with Crippen LogP contribution in [0.5, 0.6) is 0 Å². The van der Waals surface area contributed by atoms with E-state index in [1.807, 2.05) is 37.3 Å². The monoisotopic (exact) mass is 248 g/mol. The van der Waals surface area contributed by atoms with E-state index < -0.39 is 6.10 Å². The predicted octanol–water partition coefficient (Wildman–Crippen LogP) is 3.84. The summed E-state index contributed by atoms with van der Waals surface area (Å²) >= 11 is 0. The maximum Gasteiger partial charge on any atom is 0.168 e. The first-order valence-electron chi connectivity index (χ1n) is 6.94. The molecule has 2 heteroatoms. The van der Waals surface area contributed by atoms with Crippen LogP contribution in [0.15, 0.2) is 30.3 Å². The Labute approximate surface area is 110 Å². The second kappa shape index (κ2) is 8.04. The van der Waals surface area contributed by atoms with Crippen molar-refractivity contribution in [2.75, 3.05) is 0 Å². The molecule has 0 spiro atoms. The Bertz CT molecular complexity index is 345. The Morgan fingerprint density at radius 2 is 1.83 bits per heavy atom. The number of aliphatic hydroxyl groups excluding tert-OH is 1. The summed E-state index contributed by atoms with van der Waals surface area (Å²) in [6, 6.07) is 9.22. The molecule has 1 N–H and O–H groups in total. The fourth-order valence-electron chi connectivity index (χ4n) is 2.07. The Balaban J connectivity index is 2.43. The highest BCUT2D eigenvalue weighted by atomic mass is 16.3. The first kappa shape index (κ1) is 14.9. The summed E-state index contributed by atoms with van der Waals surface area (Å²) in [5.74, 6) is -0.271. The molecule has 0 bridgehead atoms. The molecule has 0 heterocycles. The number of Topliss-reactive ketones (excluding diaryl/α,β-unsaturated/α-hetero) is 1. The first-order valence-corrected chi connectivity index (χ1v) is 6.94. The molecule has 18 heavy (non-hydrogen) atoms. The van der Waals surface area contributed by atoms with Gasteiger partial charge in [-0.05, 0) is 6.42 Å². The number of carbonyl (C=O) groups is 1. The van der Waals surface area contributed by atoms with Gasteiger partial charge in [-0.3, -0.25) is 4.79 Å². The number of hydrogen-bond donors (Lipinski definition) is 1. The van der Waals surface area contributed by atoms with E-state index >= 15 is 0 Å². The van der Waals surface area contributed by atoms with Gasteiger partial charge in [0.1, 0.15) is 0 Å². The largest absolute Gasteiger partial charge is 0.392 e. The van der Waals surface area contributed by atoms with Gasteiger partial charge in [0.2, 0.25) is 0 Å². The van der Waals surface area contributed by atoms with E-state index in [4.69, 9.17) is 0 Å². The highest BCUT2D eigenvalue weighted by Crippen LogP contribution is 2.17. The molecule has 0 radical (unpaired) electrons. The third-order valence-corrected chi connectivity index (χ3v) is 3.40. The van der Waals surface area contributed by atoms with Gasteiger partial charge < -0.3 is 5.11 Å². The van der Waals surface area contributed by atoms with Crippen LogP contribution in [0.4, 0.5) is 0 Å². The summed E-state index contributed by atoms with van der Waals surface area (Å²) in [6.07, 6.45) is 4.73. The first-order chi connectivity index (χ1) is 8.66. The molecule has 0 saturated carbocycles. The van der Waals surface area contributed by atoms with Crippen LogP contribution in [0.25, 0.3) is 0 Å². The molecule has 2 unspecified atom stereocenters. The molecule has 0 amide bonds. The van der Waals surface area contributed by atoms with Crippen molar-refractivity contribution in [1.82, 2.24) is 0 Å². The number of carbonyl (C=O) groups excluding carboxylic acids is 1. The smallest absolute Gasteiger partial charge is 0.168 e. The molecule has 1 aromatic rings. The number of ketones is 1. The van der Waals surface area contributed by atoms with E-state index in [0.29, 0.717) is 5.56 Å². The summed E-state index contributed by atoms with van der Waals surface area (Å²) in [5, 5.41) is 10.0. The molecule has 0 aliphatic rings. The summed E-state index contributed by atoms with van der Waals surface area (Å²) < 4.78 is 0. The van der Waals surface area contributed by atoms with Crippen LogP contribution in [-0.4, -0.2) is 17.0 Å². The lowest BCUT2D eigenvalue weighted by Crippen LogP contribution is -2.25. The Morgan fingerprint density at radius 3 is 2.44 bits per heavy atom. The van der Waals surface area contributed by atoms with Crippen LogP contribution < -0.4 is 0 Å².